The van der Waals surface area contributed by atoms with Gasteiger partial charge in [-0.15, -0.1) is 6.58 Å². The minimum atomic E-state index is -1.00. The lowest BCUT2D eigenvalue weighted by molar-refractivity contribution is -0.132. The molecular formula is C16H16N4O3S. The zero-order valence-corrected chi connectivity index (χ0v) is 13.7. The van der Waals surface area contributed by atoms with Crippen LogP contribution in [0.4, 0.5) is 4.79 Å². The Labute approximate surface area is 143 Å². The van der Waals surface area contributed by atoms with E-state index in [1.54, 1.807) is 17.8 Å². The van der Waals surface area contributed by atoms with Crippen molar-refractivity contribution in [3.05, 3.63) is 59.0 Å². The number of carbonyl (C=O) groups excluding carboxylic acids is 2. The third kappa shape index (κ3) is 2.64. The summed E-state index contributed by atoms with van der Waals surface area (Å²) in [5, 5.41) is 3.69. The van der Waals surface area contributed by atoms with Crippen molar-refractivity contribution < 1.29 is 14.3 Å². The van der Waals surface area contributed by atoms with Gasteiger partial charge in [0.15, 0.2) is 0 Å². The second-order valence-electron chi connectivity index (χ2n) is 5.75. The van der Waals surface area contributed by atoms with Crippen LogP contribution in [0.25, 0.3) is 10.4 Å². The summed E-state index contributed by atoms with van der Waals surface area (Å²) in [6, 6.07) is 7.67. The van der Waals surface area contributed by atoms with Gasteiger partial charge in [-0.2, -0.15) is 11.8 Å². The maximum atomic E-state index is 13.0. The van der Waals surface area contributed by atoms with Crippen LogP contribution in [0, 0.1) is 5.41 Å². The van der Waals surface area contributed by atoms with Gasteiger partial charge in [0, 0.05) is 21.8 Å². The van der Waals surface area contributed by atoms with Crippen molar-refractivity contribution in [2.45, 2.75) is 12.1 Å². The molecule has 7 nitrogen and oxygen atoms in total. The maximum absolute atomic E-state index is 13.0. The number of amides is 2. The van der Waals surface area contributed by atoms with Crippen molar-refractivity contribution in [3.63, 3.8) is 0 Å². The summed E-state index contributed by atoms with van der Waals surface area (Å²) in [4.78, 5) is 29.1. The van der Waals surface area contributed by atoms with E-state index in [1.807, 2.05) is 30.3 Å². The molecule has 0 unspecified atom stereocenters. The molecule has 124 valence electrons. The first-order valence-electron chi connectivity index (χ1n) is 7.43. The van der Waals surface area contributed by atoms with Crippen LogP contribution in [0.2, 0.25) is 0 Å². The fraction of sp³-hybridized carbons (Fsp3) is 0.375. The van der Waals surface area contributed by atoms with Crippen molar-refractivity contribution in [2.24, 2.45) is 10.5 Å². The largest absolute Gasteiger partial charge is 0.446 e. The zero-order valence-electron chi connectivity index (χ0n) is 12.9. The first-order chi connectivity index (χ1) is 11.6. The van der Waals surface area contributed by atoms with Crippen LogP contribution in [0.1, 0.15) is 11.6 Å². The zero-order chi connectivity index (χ0) is 17.2. The normalized spacial score (nSPS) is 22.8. The number of cyclic esters (lactones) is 1. The molecule has 0 aliphatic carbocycles. The quantitative estimate of drug-likeness (QED) is 0.354. The smallest absolute Gasteiger partial charge is 0.417 e. The average molecular weight is 344 g/mol. The number of hydrogen-bond acceptors (Lipinski definition) is 5. The molecule has 2 aliphatic rings. The predicted octanol–water partition coefficient (Wildman–Crippen LogP) is 3.30. The van der Waals surface area contributed by atoms with E-state index >= 15 is 0 Å². The van der Waals surface area contributed by atoms with Crippen LogP contribution in [0.3, 0.4) is 0 Å². The van der Waals surface area contributed by atoms with E-state index < -0.39 is 29.5 Å². The number of imide groups is 1. The summed E-state index contributed by atoms with van der Waals surface area (Å²) < 4.78 is 5.08. The Morgan fingerprint density at radius 1 is 1.50 bits per heavy atom. The lowest BCUT2D eigenvalue weighted by Gasteiger charge is -2.43. The molecule has 1 aromatic carbocycles. The van der Waals surface area contributed by atoms with Crippen molar-refractivity contribution in [2.75, 3.05) is 18.1 Å². The number of hydrogen-bond donors (Lipinski definition) is 0. The van der Waals surface area contributed by atoms with Crippen LogP contribution in [-0.4, -0.2) is 41.1 Å². The fourth-order valence-electron chi connectivity index (χ4n) is 2.90. The van der Waals surface area contributed by atoms with Gasteiger partial charge in [-0.25, -0.2) is 9.69 Å². The van der Waals surface area contributed by atoms with Gasteiger partial charge < -0.3 is 4.74 Å². The summed E-state index contributed by atoms with van der Waals surface area (Å²) >= 11 is 1.64. The molecule has 2 atom stereocenters. The van der Waals surface area contributed by atoms with E-state index in [9.17, 15) is 9.59 Å². The van der Waals surface area contributed by atoms with Gasteiger partial charge in [0.25, 0.3) is 0 Å². The summed E-state index contributed by atoms with van der Waals surface area (Å²) in [5.41, 5.74) is 9.07. The van der Waals surface area contributed by atoms with Gasteiger partial charge in [-0.3, -0.25) is 4.79 Å². The van der Waals surface area contributed by atoms with Crippen LogP contribution in [0.15, 0.2) is 48.1 Å². The Morgan fingerprint density at radius 3 is 2.75 bits per heavy atom. The van der Waals surface area contributed by atoms with Crippen molar-refractivity contribution in [1.82, 2.24) is 4.90 Å². The summed E-state index contributed by atoms with van der Waals surface area (Å²) in [6.45, 7) is 3.87. The number of ether oxygens (including phenoxy) is 1. The van der Waals surface area contributed by atoms with Crippen molar-refractivity contribution in [3.8, 4) is 0 Å². The molecule has 2 aliphatic heterocycles. The van der Waals surface area contributed by atoms with Gasteiger partial charge in [-0.1, -0.05) is 41.5 Å². The molecule has 0 aromatic heterocycles. The number of benzene rings is 1. The monoisotopic (exact) mass is 344 g/mol. The van der Waals surface area contributed by atoms with Crippen molar-refractivity contribution in [1.29, 1.82) is 0 Å². The van der Waals surface area contributed by atoms with Crippen LogP contribution in [-0.2, 0) is 9.53 Å². The molecule has 8 heteroatoms. The fourth-order valence-corrected chi connectivity index (χ4v) is 4.13. The van der Waals surface area contributed by atoms with Crippen molar-refractivity contribution >= 4 is 23.8 Å². The van der Waals surface area contributed by atoms with E-state index in [2.05, 4.69) is 16.6 Å². The predicted molar refractivity (Wildman–Crippen MR) is 90.3 cm³/mol. The molecule has 0 N–H and O–H groups in total. The van der Waals surface area contributed by atoms with Gasteiger partial charge in [0.2, 0.25) is 5.91 Å². The second-order valence-corrected chi connectivity index (χ2v) is 6.73. The molecule has 24 heavy (non-hydrogen) atoms. The highest BCUT2D eigenvalue weighted by atomic mass is 32.2. The van der Waals surface area contributed by atoms with Crippen LogP contribution in [0.5, 0.6) is 0 Å². The van der Waals surface area contributed by atoms with E-state index in [-0.39, 0.29) is 6.61 Å². The molecular weight excluding hydrogens is 328 g/mol. The molecule has 0 spiro atoms. The van der Waals surface area contributed by atoms with E-state index in [1.165, 1.54) is 0 Å². The topological polar surface area (TPSA) is 95.4 Å². The molecule has 0 saturated carbocycles. The molecule has 2 fully saturated rings. The molecule has 2 amide bonds. The number of azide groups is 1. The Morgan fingerprint density at radius 2 is 2.21 bits per heavy atom. The molecule has 0 bridgehead atoms. The minimum absolute atomic E-state index is 0.0907. The molecule has 2 heterocycles. The molecule has 3 rings (SSSR count). The maximum Gasteiger partial charge on any atom is 0.417 e. The van der Waals surface area contributed by atoms with Crippen LogP contribution < -0.4 is 0 Å². The SMILES string of the molecule is C=CC1([C@H](N=[N+]=[N-])C(=O)N2C(=O)OC[C@@H]2c2ccccc2)CSC1. The molecule has 0 radical (unpaired) electrons. The summed E-state index contributed by atoms with van der Waals surface area (Å²) in [5.74, 6) is 0.722. The van der Waals surface area contributed by atoms with E-state index in [0.717, 1.165) is 10.5 Å². The number of carbonyl (C=O) groups is 2. The number of thioether (sulfide) groups is 1. The van der Waals surface area contributed by atoms with Gasteiger partial charge in [-0.05, 0) is 11.1 Å². The second kappa shape index (κ2) is 6.59. The molecule has 1 aromatic rings. The minimum Gasteiger partial charge on any atom is -0.446 e. The lowest BCUT2D eigenvalue weighted by Crippen LogP contribution is -2.53. The van der Waals surface area contributed by atoms with Crippen LogP contribution >= 0.6 is 11.8 Å². The Hall–Kier alpha value is -2.44. The van der Waals surface area contributed by atoms with Gasteiger partial charge in [0.1, 0.15) is 18.7 Å². The highest BCUT2D eigenvalue weighted by Gasteiger charge is 2.51. The van der Waals surface area contributed by atoms with E-state index in [4.69, 9.17) is 10.3 Å². The Balaban J connectivity index is 1.94. The van der Waals surface area contributed by atoms with Gasteiger partial charge in [0.05, 0.1) is 0 Å². The first-order valence-corrected chi connectivity index (χ1v) is 8.59. The highest BCUT2D eigenvalue weighted by molar-refractivity contribution is 8.00. The number of nitrogens with zero attached hydrogens (tertiary/aromatic N) is 4. The number of rotatable bonds is 5. The summed E-state index contributed by atoms with van der Waals surface area (Å²) in [6.07, 6.45) is 0.942. The van der Waals surface area contributed by atoms with Gasteiger partial charge >= 0.3 is 6.09 Å². The van der Waals surface area contributed by atoms with E-state index in [0.29, 0.717) is 11.5 Å². The Bertz CT molecular complexity index is 713. The summed E-state index contributed by atoms with van der Waals surface area (Å²) in [7, 11) is 0. The third-order valence-corrected chi connectivity index (χ3v) is 5.87. The first kappa shape index (κ1) is 16.4. The Kier molecular flexibility index (Phi) is 4.51. The standard InChI is InChI=1S/C16H16N4O3S/c1-2-16(9-24-10-16)13(18-19-17)14(21)20-12(8-23-15(20)22)11-6-4-3-5-7-11/h2-7,12-13H,1,8-10H2/t12-,13-/m1/s1. The third-order valence-electron chi connectivity index (χ3n) is 4.39. The molecule has 2 saturated heterocycles. The lowest BCUT2D eigenvalue weighted by atomic mass is 9.82. The average Bonchev–Trinajstić information content (AvgIpc) is 2.95. The highest BCUT2D eigenvalue weighted by Crippen LogP contribution is 2.45.